The Labute approximate surface area is 126 Å². The number of fused-ring (bicyclic) bond motifs is 1. The van der Waals surface area contributed by atoms with Gasteiger partial charge in [-0.05, 0) is 19.1 Å². The Morgan fingerprint density at radius 3 is 2.86 bits per heavy atom. The zero-order valence-corrected chi connectivity index (χ0v) is 11.9. The summed E-state index contributed by atoms with van der Waals surface area (Å²) in [5.41, 5.74) is 6.49. The third-order valence-electron chi connectivity index (χ3n) is 3.39. The van der Waals surface area contributed by atoms with Gasteiger partial charge >= 0.3 is 0 Å². The van der Waals surface area contributed by atoms with Crippen LogP contribution in [0.1, 0.15) is 11.3 Å². The van der Waals surface area contributed by atoms with Crippen molar-refractivity contribution in [3.63, 3.8) is 0 Å². The second-order valence-electron chi connectivity index (χ2n) is 4.89. The van der Waals surface area contributed by atoms with Crippen LogP contribution >= 0.6 is 0 Å². The maximum absolute atomic E-state index is 10.7. The van der Waals surface area contributed by atoms with Crippen LogP contribution in [0.25, 0.3) is 10.9 Å². The number of hydrogen-bond donors (Lipinski definition) is 2. The molecule has 0 bridgehead atoms. The van der Waals surface area contributed by atoms with Gasteiger partial charge in [-0.1, -0.05) is 24.3 Å². The van der Waals surface area contributed by atoms with E-state index in [1.807, 2.05) is 31.2 Å². The van der Waals surface area contributed by atoms with Crippen molar-refractivity contribution in [3.05, 3.63) is 69.9 Å². The molecule has 0 atom stereocenters. The lowest BCUT2D eigenvalue weighted by atomic mass is 10.1. The van der Waals surface area contributed by atoms with E-state index >= 15 is 0 Å². The predicted molar refractivity (Wildman–Crippen MR) is 87.3 cm³/mol. The molecule has 0 radical (unpaired) electrons. The average molecular weight is 294 g/mol. The lowest BCUT2D eigenvalue weighted by Crippen LogP contribution is -1.93. The number of non-ortho nitro benzene ring substituents is 1. The Hall–Kier alpha value is -3.15. The minimum Gasteiger partial charge on any atom is -0.358 e. The third-order valence-corrected chi connectivity index (χ3v) is 3.39. The van der Waals surface area contributed by atoms with Crippen LogP contribution < -0.4 is 5.43 Å². The summed E-state index contributed by atoms with van der Waals surface area (Å²) in [5, 5.41) is 16.0. The van der Waals surface area contributed by atoms with Crippen LogP contribution in [0, 0.1) is 17.0 Å². The molecule has 0 aliphatic rings. The van der Waals surface area contributed by atoms with Crippen molar-refractivity contribution in [1.82, 2.24) is 4.98 Å². The number of para-hydroxylation sites is 1. The van der Waals surface area contributed by atoms with Gasteiger partial charge in [-0.15, -0.1) is 0 Å². The van der Waals surface area contributed by atoms with Crippen LogP contribution in [0.3, 0.4) is 0 Å². The molecule has 0 saturated heterocycles. The van der Waals surface area contributed by atoms with Crippen LogP contribution in [-0.4, -0.2) is 16.1 Å². The molecule has 110 valence electrons. The zero-order valence-electron chi connectivity index (χ0n) is 11.9. The molecular weight excluding hydrogens is 280 g/mol. The normalized spacial score (nSPS) is 11.1. The molecule has 1 heterocycles. The zero-order chi connectivity index (χ0) is 15.5. The number of aromatic amines is 1. The summed E-state index contributed by atoms with van der Waals surface area (Å²) in [6, 6.07) is 14.2. The summed E-state index contributed by atoms with van der Waals surface area (Å²) in [7, 11) is 0. The number of H-pyrrole nitrogens is 1. The monoisotopic (exact) mass is 294 g/mol. The molecule has 6 heteroatoms. The number of hydrazone groups is 1. The molecule has 2 aromatic carbocycles. The molecule has 0 spiro atoms. The molecular formula is C16H14N4O2. The SMILES string of the molecule is Cc1[nH]c2ccccc2c1/C=N/Nc1cccc([N+](=O)[O-])c1. The van der Waals surface area contributed by atoms with Crippen molar-refractivity contribution in [2.75, 3.05) is 5.43 Å². The first-order valence-corrected chi connectivity index (χ1v) is 6.76. The number of nitrogens with one attached hydrogen (secondary N) is 2. The Bertz CT molecular complexity index is 867. The van der Waals surface area contributed by atoms with E-state index in [-0.39, 0.29) is 5.69 Å². The number of aromatic nitrogens is 1. The van der Waals surface area contributed by atoms with Gasteiger partial charge in [0.05, 0.1) is 16.8 Å². The highest BCUT2D eigenvalue weighted by Gasteiger charge is 2.06. The van der Waals surface area contributed by atoms with Crippen molar-refractivity contribution < 1.29 is 4.92 Å². The van der Waals surface area contributed by atoms with Crippen molar-refractivity contribution in [2.45, 2.75) is 6.92 Å². The summed E-state index contributed by atoms with van der Waals surface area (Å²) >= 11 is 0. The smallest absolute Gasteiger partial charge is 0.271 e. The predicted octanol–water partition coefficient (Wildman–Crippen LogP) is 3.83. The Kier molecular flexibility index (Phi) is 3.57. The number of benzene rings is 2. The fraction of sp³-hybridized carbons (Fsp3) is 0.0625. The molecule has 0 aliphatic carbocycles. The fourth-order valence-electron chi connectivity index (χ4n) is 2.33. The molecule has 0 amide bonds. The maximum Gasteiger partial charge on any atom is 0.271 e. The number of rotatable bonds is 4. The quantitative estimate of drug-likeness (QED) is 0.436. The van der Waals surface area contributed by atoms with Crippen molar-refractivity contribution >= 4 is 28.5 Å². The molecule has 1 aromatic heterocycles. The second kappa shape index (κ2) is 5.69. The topological polar surface area (TPSA) is 83.3 Å². The lowest BCUT2D eigenvalue weighted by molar-refractivity contribution is -0.384. The number of hydrogen-bond acceptors (Lipinski definition) is 4. The highest BCUT2D eigenvalue weighted by atomic mass is 16.6. The van der Waals surface area contributed by atoms with Crippen molar-refractivity contribution in [3.8, 4) is 0 Å². The molecule has 0 unspecified atom stereocenters. The Morgan fingerprint density at radius 2 is 2.05 bits per heavy atom. The number of aryl methyl sites for hydroxylation is 1. The van der Waals surface area contributed by atoms with E-state index in [1.54, 1.807) is 18.3 Å². The van der Waals surface area contributed by atoms with E-state index in [1.165, 1.54) is 12.1 Å². The molecule has 3 aromatic rings. The minimum absolute atomic E-state index is 0.0310. The number of anilines is 1. The van der Waals surface area contributed by atoms with E-state index in [4.69, 9.17) is 0 Å². The summed E-state index contributed by atoms with van der Waals surface area (Å²) < 4.78 is 0. The fourth-order valence-corrected chi connectivity index (χ4v) is 2.33. The van der Waals surface area contributed by atoms with E-state index in [9.17, 15) is 10.1 Å². The van der Waals surface area contributed by atoms with Crippen molar-refractivity contribution in [2.24, 2.45) is 5.10 Å². The third kappa shape index (κ3) is 2.67. The van der Waals surface area contributed by atoms with Gasteiger partial charge in [-0.25, -0.2) is 0 Å². The van der Waals surface area contributed by atoms with Gasteiger partial charge in [0.1, 0.15) is 0 Å². The largest absolute Gasteiger partial charge is 0.358 e. The first kappa shape index (κ1) is 13.8. The first-order valence-electron chi connectivity index (χ1n) is 6.76. The summed E-state index contributed by atoms with van der Waals surface area (Å²) in [4.78, 5) is 13.6. The van der Waals surface area contributed by atoms with E-state index in [0.717, 1.165) is 22.2 Å². The van der Waals surface area contributed by atoms with Gasteiger partial charge in [0.25, 0.3) is 5.69 Å². The second-order valence-corrected chi connectivity index (χ2v) is 4.89. The van der Waals surface area contributed by atoms with Crippen LogP contribution in [0.5, 0.6) is 0 Å². The van der Waals surface area contributed by atoms with Gasteiger partial charge in [-0.2, -0.15) is 5.10 Å². The summed E-state index contributed by atoms with van der Waals surface area (Å²) in [6.07, 6.45) is 1.72. The van der Waals surface area contributed by atoms with E-state index in [0.29, 0.717) is 5.69 Å². The van der Waals surface area contributed by atoms with Crippen molar-refractivity contribution in [1.29, 1.82) is 0 Å². The molecule has 0 fully saturated rings. The lowest BCUT2D eigenvalue weighted by Gasteiger charge is -1.99. The highest BCUT2D eigenvalue weighted by molar-refractivity contribution is 6.00. The highest BCUT2D eigenvalue weighted by Crippen LogP contribution is 2.20. The van der Waals surface area contributed by atoms with Gasteiger partial charge < -0.3 is 4.98 Å². The molecule has 0 aliphatic heterocycles. The summed E-state index contributed by atoms with van der Waals surface area (Å²) in [6.45, 7) is 1.98. The standard InChI is InChI=1S/C16H14N4O2/c1-11-15(14-7-2-3-8-16(14)18-11)10-17-19-12-5-4-6-13(9-12)20(21)22/h2-10,18-19H,1H3/b17-10+. The van der Waals surface area contributed by atoms with Gasteiger partial charge in [0, 0.05) is 34.3 Å². The molecule has 22 heavy (non-hydrogen) atoms. The summed E-state index contributed by atoms with van der Waals surface area (Å²) in [5.74, 6) is 0. The van der Waals surface area contributed by atoms with Crippen LogP contribution in [-0.2, 0) is 0 Å². The number of nitro benzene ring substituents is 1. The number of nitro groups is 1. The number of nitrogens with zero attached hydrogens (tertiary/aromatic N) is 2. The van der Waals surface area contributed by atoms with Gasteiger partial charge in [0.15, 0.2) is 0 Å². The molecule has 6 nitrogen and oxygen atoms in total. The van der Waals surface area contributed by atoms with Gasteiger partial charge in [0.2, 0.25) is 0 Å². The van der Waals surface area contributed by atoms with Crippen LogP contribution in [0.2, 0.25) is 0 Å². The van der Waals surface area contributed by atoms with Crippen LogP contribution in [0.4, 0.5) is 11.4 Å². The van der Waals surface area contributed by atoms with Gasteiger partial charge in [-0.3, -0.25) is 15.5 Å². The minimum atomic E-state index is -0.432. The Balaban J connectivity index is 1.83. The maximum atomic E-state index is 10.7. The molecule has 2 N–H and O–H groups in total. The van der Waals surface area contributed by atoms with E-state index < -0.39 is 4.92 Å². The van der Waals surface area contributed by atoms with Crippen LogP contribution in [0.15, 0.2) is 53.6 Å². The van der Waals surface area contributed by atoms with E-state index in [2.05, 4.69) is 15.5 Å². The average Bonchev–Trinajstić information content (AvgIpc) is 2.84. The molecule has 0 saturated carbocycles. The molecule has 3 rings (SSSR count). The Morgan fingerprint density at radius 1 is 1.23 bits per heavy atom. The first-order chi connectivity index (χ1) is 10.6.